The molecule has 0 spiro atoms. The van der Waals surface area contributed by atoms with Gasteiger partial charge in [-0.25, -0.2) is 4.39 Å². The summed E-state index contributed by atoms with van der Waals surface area (Å²) in [6.07, 6.45) is 0.105. The minimum Gasteiger partial charge on any atom is -0.481 e. The molecule has 1 amide bonds. The van der Waals surface area contributed by atoms with Crippen LogP contribution in [0.4, 0.5) is 4.39 Å². The topological polar surface area (TPSA) is 75.6 Å². The van der Waals surface area contributed by atoms with Gasteiger partial charge >= 0.3 is 5.97 Å². The van der Waals surface area contributed by atoms with Crippen LogP contribution in [0.3, 0.4) is 0 Å². The molecule has 0 aromatic heterocycles. The van der Waals surface area contributed by atoms with Gasteiger partial charge in [-0.3, -0.25) is 9.59 Å². The summed E-state index contributed by atoms with van der Waals surface area (Å²) in [5, 5.41) is 11.7. The van der Waals surface area contributed by atoms with Gasteiger partial charge in [-0.2, -0.15) is 0 Å². The van der Waals surface area contributed by atoms with Crippen LogP contribution in [-0.4, -0.2) is 35.7 Å². The minimum atomic E-state index is -1.05. The lowest BCUT2D eigenvalue weighted by Gasteiger charge is -2.27. The molecule has 2 N–H and O–H groups in total. The van der Waals surface area contributed by atoms with E-state index in [1.807, 2.05) is 0 Å². The van der Waals surface area contributed by atoms with Crippen LogP contribution in [0.15, 0.2) is 18.2 Å². The smallest absolute Gasteiger partial charge is 0.305 e. The van der Waals surface area contributed by atoms with E-state index in [0.29, 0.717) is 13.0 Å². The Labute approximate surface area is 119 Å². The van der Waals surface area contributed by atoms with Crippen LogP contribution in [0.2, 0.25) is 5.02 Å². The SMILES string of the molecule is O=C(O)CC1(NC(=O)c2ccc(Cl)cc2F)CCOC1. The zero-order valence-corrected chi connectivity index (χ0v) is 11.2. The van der Waals surface area contributed by atoms with E-state index in [1.54, 1.807) is 0 Å². The van der Waals surface area contributed by atoms with Crippen LogP contribution >= 0.6 is 11.6 Å². The first kappa shape index (κ1) is 14.7. The number of amides is 1. The van der Waals surface area contributed by atoms with E-state index in [1.165, 1.54) is 12.1 Å². The molecule has 20 heavy (non-hydrogen) atoms. The highest BCUT2D eigenvalue weighted by Crippen LogP contribution is 2.24. The Balaban J connectivity index is 2.18. The molecule has 1 heterocycles. The van der Waals surface area contributed by atoms with Crippen molar-refractivity contribution in [3.05, 3.63) is 34.6 Å². The van der Waals surface area contributed by atoms with Gasteiger partial charge in [0.05, 0.1) is 24.1 Å². The van der Waals surface area contributed by atoms with Crippen LogP contribution in [0.1, 0.15) is 23.2 Å². The number of aliphatic carboxylic acids is 1. The molecular weight excluding hydrogens is 289 g/mol. The van der Waals surface area contributed by atoms with Gasteiger partial charge in [0.1, 0.15) is 5.82 Å². The fourth-order valence-electron chi connectivity index (χ4n) is 2.16. The standard InChI is InChI=1S/C13H13ClFNO4/c14-8-1-2-9(10(15)5-8)12(19)16-13(6-11(17)18)3-4-20-7-13/h1-2,5H,3-4,6-7H2,(H,16,19)(H,17,18). The minimum absolute atomic E-state index is 0.0975. The molecule has 1 aliphatic heterocycles. The van der Waals surface area contributed by atoms with E-state index in [2.05, 4.69) is 5.32 Å². The number of carbonyl (C=O) groups excluding carboxylic acids is 1. The summed E-state index contributed by atoms with van der Waals surface area (Å²) in [4.78, 5) is 23.0. The summed E-state index contributed by atoms with van der Waals surface area (Å²) >= 11 is 5.62. The summed E-state index contributed by atoms with van der Waals surface area (Å²) < 4.78 is 18.8. The first-order chi connectivity index (χ1) is 9.42. The summed E-state index contributed by atoms with van der Waals surface area (Å²) in [7, 11) is 0. The number of halogens is 2. The molecular formula is C13H13ClFNO4. The quantitative estimate of drug-likeness (QED) is 0.890. The highest BCUT2D eigenvalue weighted by atomic mass is 35.5. The van der Waals surface area contributed by atoms with Crippen molar-refractivity contribution in [3.63, 3.8) is 0 Å². The van der Waals surface area contributed by atoms with Crippen LogP contribution in [0, 0.1) is 5.82 Å². The average molecular weight is 302 g/mol. The average Bonchev–Trinajstić information content (AvgIpc) is 2.75. The number of benzene rings is 1. The summed E-state index contributed by atoms with van der Waals surface area (Å²) in [6.45, 7) is 0.455. The molecule has 7 heteroatoms. The Bertz CT molecular complexity index is 543. The lowest BCUT2D eigenvalue weighted by molar-refractivity contribution is -0.138. The molecule has 1 atom stereocenters. The first-order valence-electron chi connectivity index (χ1n) is 5.99. The van der Waals surface area contributed by atoms with Gasteiger partial charge in [0, 0.05) is 11.6 Å². The normalized spacial score (nSPS) is 21.7. The van der Waals surface area contributed by atoms with Crippen molar-refractivity contribution in [2.45, 2.75) is 18.4 Å². The molecule has 0 saturated carbocycles. The Morgan fingerprint density at radius 1 is 1.50 bits per heavy atom. The Hall–Kier alpha value is -1.66. The summed E-state index contributed by atoms with van der Waals surface area (Å²) in [5.74, 6) is -2.47. The van der Waals surface area contributed by atoms with Crippen molar-refractivity contribution < 1.29 is 23.8 Å². The number of hydrogen-bond donors (Lipinski definition) is 2. The van der Waals surface area contributed by atoms with E-state index in [0.717, 1.165) is 6.07 Å². The second kappa shape index (κ2) is 5.76. The van der Waals surface area contributed by atoms with Gasteiger partial charge in [-0.05, 0) is 24.6 Å². The van der Waals surface area contributed by atoms with Gasteiger partial charge in [-0.15, -0.1) is 0 Å². The number of carboxylic acid groups (broad SMARTS) is 1. The van der Waals surface area contributed by atoms with Crippen LogP contribution < -0.4 is 5.32 Å². The van der Waals surface area contributed by atoms with Crippen molar-refractivity contribution in [2.24, 2.45) is 0 Å². The van der Waals surface area contributed by atoms with Gasteiger partial charge in [0.15, 0.2) is 0 Å². The third kappa shape index (κ3) is 3.26. The van der Waals surface area contributed by atoms with Crippen molar-refractivity contribution in [3.8, 4) is 0 Å². The number of carboxylic acids is 1. The molecule has 2 rings (SSSR count). The number of carbonyl (C=O) groups is 2. The van der Waals surface area contributed by atoms with Gasteiger partial charge < -0.3 is 15.2 Å². The molecule has 1 aromatic carbocycles. The van der Waals surface area contributed by atoms with Crippen LogP contribution in [0.25, 0.3) is 0 Å². The van der Waals surface area contributed by atoms with E-state index < -0.39 is 23.2 Å². The highest BCUT2D eigenvalue weighted by Gasteiger charge is 2.39. The second-order valence-corrected chi connectivity index (χ2v) is 5.17. The van der Waals surface area contributed by atoms with Crippen molar-refractivity contribution >= 4 is 23.5 Å². The van der Waals surface area contributed by atoms with E-state index >= 15 is 0 Å². The predicted molar refractivity (Wildman–Crippen MR) is 69.3 cm³/mol. The molecule has 1 saturated heterocycles. The van der Waals surface area contributed by atoms with Gasteiger partial charge in [0.25, 0.3) is 5.91 Å². The number of ether oxygens (including phenoxy) is 1. The number of rotatable bonds is 4. The lowest BCUT2D eigenvalue weighted by atomic mass is 9.93. The van der Waals surface area contributed by atoms with Crippen LogP contribution in [0.5, 0.6) is 0 Å². The van der Waals surface area contributed by atoms with E-state index in [4.69, 9.17) is 21.4 Å². The van der Waals surface area contributed by atoms with Crippen molar-refractivity contribution in [1.82, 2.24) is 5.32 Å². The summed E-state index contributed by atoms with van der Waals surface area (Å²) in [6, 6.07) is 3.69. The molecule has 108 valence electrons. The second-order valence-electron chi connectivity index (χ2n) is 4.73. The molecule has 0 radical (unpaired) electrons. The molecule has 1 fully saturated rings. The fourth-order valence-corrected chi connectivity index (χ4v) is 2.32. The maximum absolute atomic E-state index is 13.7. The largest absolute Gasteiger partial charge is 0.481 e. The van der Waals surface area contributed by atoms with E-state index in [-0.39, 0.29) is 23.6 Å². The molecule has 5 nitrogen and oxygen atoms in total. The van der Waals surface area contributed by atoms with E-state index in [9.17, 15) is 14.0 Å². The molecule has 0 aliphatic carbocycles. The Kier molecular flexibility index (Phi) is 4.25. The van der Waals surface area contributed by atoms with Crippen molar-refractivity contribution in [1.29, 1.82) is 0 Å². The zero-order chi connectivity index (χ0) is 14.8. The maximum Gasteiger partial charge on any atom is 0.305 e. The third-order valence-corrected chi connectivity index (χ3v) is 3.38. The van der Waals surface area contributed by atoms with Gasteiger partial charge in [-0.1, -0.05) is 11.6 Å². The molecule has 1 unspecified atom stereocenters. The molecule has 0 bridgehead atoms. The Morgan fingerprint density at radius 3 is 2.80 bits per heavy atom. The zero-order valence-electron chi connectivity index (χ0n) is 10.5. The Morgan fingerprint density at radius 2 is 2.25 bits per heavy atom. The highest BCUT2D eigenvalue weighted by molar-refractivity contribution is 6.30. The number of hydrogen-bond acceptors (Lipinski definition) is 3. The first-order valence-corrected chi connectivity index (χ1v) is 6.37. The fraction of sp³-hybridized carbons (Fsp3) is 0.385. The lowest BCUT2D eigenvalue weighted by Crippen LogP contribution is -2.50. The monoisotopic (exact) mass is 301 g/mol. The maximum atomic E-state index is 13.7. The van der Waals surface area contributed by atoms with Crippen LogP contribution in [-0.2, 0) is 9.53 Å². The summed E-state index contributed by atoms with van der Waals surface area (Å²) in [5.41, 5.74) is -1.17. The third-order valence-electron chi connectivity index (χ3n) is 3.15. The molecule has 1 aliphatic rings. The van der Waals surface area contributed by atoms with Gasteiger partial charge in [0.2, 0.25) is 0 Å². The number of nitrogens with one attached hydrogen (secondary N) is 1. The van der Waals surface area contributed by atoms with Crippen molar-refractivity contribution in [2.75, 3.05) is 13.2 Å². The molecule has 1 aromatic rings. The predicted octanol–water partition coefficient (Wildman–Crippen LogP) is 1.84.